The molecule has 6 amide bonds. The largest absolute Gasteiger partial charge is 0.370 e. The Kier molecular flexibility index (Phi) is 18.4. The van der Waals surface area contributed by atoms with Gasteiger partial charge in [0.1, 0.15) is 6.04 Å². The lowest BCUT2D eigenvalue weighted by molar-refractivity contribution is -0.385. The van der Waals surface area contributed by atoms with Crippen molar-refractivity contribution in [3.8, 4) is 0 Å². The zero-order valence-electron chi connectivity index (χ0n) is 37.0. The second kappa shape index (κ2) is 24.5. The summed E-state index contributed by atoms with van der Waals surface area (Å²) in [6.07, 6.45) is -11.0. The summed E-state index contributed by atoms with van der Waals surface area (Å²) < 4.78 is 4.73. The Hall–Kier alpha value is -10.8. The molecule has 6 unspecified atom stereocenters. The van der Waals surface area contributed by atoms with Gasteiger partial charge in [0.25, 0.3) is 35.2 Å². The van der Waals surface area contributed by atoms with Crippen LogP contribution >= 0.6 is 0 Å². The van der Waals surface area contributed by atoms with Crippen molar-refractivity contribution in [2.24, 2.45) is 71.6 Å². The van der Waals surface area contributed by atoms with Crippen LogP contribution in [0.1, 0.15) is 17.2 Å². The van der Waals surface area contributed by atoms with E-state index in [4.69, 9.17) is 61.5 Å². The average molecular weight is 1020 g/mol. The first-order chi connectivity index (χ1) is 34.4. The molecule has 4 aromatic rings. The number of anilines is 2. The van der Waals surface area contributed by atoms with Gasteiger partial charge in [-0.05, 0) is 34.1 Å². The number of nitro benzene ring substituents is 2. The Labute approximate surface area is 405 Å². The second-order valence-corrected chi connectivity index (χ2v) is 14.2. The zero-order chi connectivity index (χ0) is 54.3. The number of aliphatic hydroxyl groups is 1. The number of aliphatic imine (C=N–C) groups is 4. The zero-order valence-corrected chi connectivity index (χ0v) is 37.0. The maximum Gasteiger partial charge on any atom is 0.300 e. The highest BCUT2D eigenvalue weighted by atomic mass is 17.2. The number of nitrogens with two attached hydrogens (primary N) is 9. The van der Waals surface area contributed by atoms with Crippen LogP contribution in [0.5, 0.6) is 0 Å². The van der Waals surface area contributed by atoms with Crippen LogP contribution in [0.25, 0.3) is 11.0 Å². The quantitative estimate of drug-likeness (QED) is 0.00774. The van der Waals surface area contributed by atoms with Gasteiger partial charge in [0.05, 0.1) is 27.8 Å². The van der Waals surface area contributed by atoms with Crippen LogP contribution in [0.2, 0.25) is 0 Å². The van der Waals surface area contributed by atoms with E-state index < -0.39 is 135 Å². The molecule has 0 aliphatic heterocycles. The summed E-state index contributed by atoms with van der Waals surface area (Å²) in [5.41, 5.74) is 47.7. The van der Waals surface area contributed by atoms with Crippen molar-refractivity contribution in [1.29, 1.82) is 0 Å². The molecule has 38 heteroatoms. The van der Waals surface area contributed by atoms with Gasteiger partial charge in [0.2, 0.25) is 42.3 Å². The van der Waals surface area contributed by atoms with Crippen molar-refractivity contribution < 1.29 is 58.6 Å². The van der Waals surface area contributed by atoms with Gasteiger partial charge in [-0.1, -0.05) is 30.3 Å². The molecule has 73 heavy (non-hydrogen) atoms. The Bertz CT molecular complexity index is 2860. The molecular formula is C35H44N24O14. The summed E-state index contributed by atoms with van der Waals surface area (Å²) in [5, 5.41) is 62.3. The number of aliphatic hydroxyl groups excluding tert-OH is 1. The predicted molar refractivity (Wildman–Crippen MR) is 249 cm³/mol. The monoisotopic (exact) mass is 1020 g/mol. The fourth-order valence-electron chi connectivity index (χ4n) is 6.09. The Balaban J connectivity index is 1.71. The number of nitrogens with zero attached hydrogens (tertiary/aromatic N) is 9. The molecule has 6 atom stereocenters. The van der Waals surface area contributed by atoms with Gasteiger partial charge in [0.15, 0.2) is 29.4 Å². The lowest BCUT2D eigenvalue weighted by atomic mass is 10.1. The van der Waals surface area contributed by atoms with Crippen molar-refractivity contribution in [2.75, 3.05) is 10.4 Å². The number of carbonyl (C=O) groups is 6. The molecule has 0 aliphatic carbocycles. The van der Waals surface area contributed by atoms with Gasteiger partial charge < -0.3 is 88.2 Å². The van der Waals surface area contributed by atoms with Gasteiger partial charge in [-0.3, -0.25) is 49.0 Å². The number of fused-ring (bicyclic) bond motifs is 1. The third kappa shape index (κ3) is 14.9. The lowest BCUT2D eigenvalue weighted by Gasteiger charge is -2.30. The number of nitrogens with one attached hydrogen (secondary N) is 6. The molecule has 0 radical (unpaired) electrons. The van der Waals surface area contributed by atoms with Gasteiger partial charge in [-0.15, -0.1) is 4.99 Å². The lowest BCUT2D eigenvalue weighted by Crippen LogP contribution is -2.58. The maximum absolute atomic E-state index is 14.3. The van der Waals surface area contributed by atoms with E-state index >= 15 is 0 Å². The van der Waals surface area contributed by atoms with Crippen LogP contribution in [0.15, 0.2) is 85.3 Å². The first-order valence-corrected chi connectivity index (χ1v) is 19.8. The SMILES string of the molecule is NC(=O)C(N=C(N)N)NC(=O)C(N=C(N)N)NC(=O)C(N=C(N)N)NC(=O)C(N=C(N)N)NC(=O)C(NC(=O)C(O)N(Cc1ccc(NOO)cc1[N+](=O)[O-])c1ccc([N+](=O)[O-])c2nonc12)c1ccccc1. The molecule has 38 nitrogen and oxygen atoms in total. The molecule has 3 aromatic carbocycles. The summed E-state index contributed by atoms with van der Waals surface area (Å²) >= 11 is 0. The molecule has 388 valence electrons. The van der Waals surface area contributed by atoms with E-state index in [1.54, 1.807) is 0 Å². The molecule has 0 aliphatic rings. The number of hydrogen-bond donors (Lipinski definition) is 17. The number of rotatable bonds is 24. The molecule has 1 heterocycles. The van der Waals surface area contributed by atoms with Crippen LogP contribution in [0.3, 0.4) is 0 Å². The topological polar surface area (TPSA) is 636 Å². The van der Waals surface area contributed by atoms with Gasteiger partial charge >= 0.3 is 5.69 Å². The molecule has 1 aromatic heterocycles. The van der Waals surface area contributed by atoms with E-state index in [1.807, 2.05) is 21.4 Å². The first kappa shape index (κ1) is 54.8. The van der Waals surface area contributed by atoms with Crippen LogP contribution in [0.4, 0.5) is 22.7 Å². The number of amides is 6. The Morgan fingerprint density at radius 1 is 0.630 bits per heavy atom. The Morgan fingerprint density at radius 3 is 1.59 bits per heavy atom. The standard InChI is InChI=1S/C35H44N24O14/c36-21(60)22(50-32(37)38)46-27(62)24(52-34(41)42)48-29(64)25(53-35(43)44)49-28(63)23(51-33(39)40)47-26(61)18(12-4-2-1-3-5-12)45-30(65)31(66)57(11-13-6-7-14(54-73-71)10-17(13)59(69)70)15-8-9-16(58(67)68)20-19(15)55-72-56-20/h1-10,18,22-25,31,54,66,71H,11H2,(H2,36,60)(H,45,65)(H,46,62)(H,47,61)(H,48,64)(H,49,63)(H4,37,38,50)(H4,39,40,51)(H4,41,42,52)(H4,43,44,53). The first-order valence-electron chi connectivity index (χ1n) is 19.8. The van der Waals surface area contributed by atoms with E-state index in [9.17, 15) is 54.1 Å². The normalized spacial score (nSPS) is 13.1. The summed E-state index contributed by atoms with van der Waals surface area (Å²) in [6, 6.07) is 10.2. The highest BCUT2D eigenvalue weighted by Crippen LogP contribution is 2.35. The Morgan fingerprint density at radius 2 is 1.11 bits per heavy atom. The number of aromatic nitrogens is 2. The van der Waals surface area contributed by atoms with Crippen molar-refractivity contribution in [3.05, 3.63) is 92.0 Å². The summed E-state index contributed by atoms with van der Waals surface area (Å²) in [4.78, 5) is 122. The fraction of sp³-hybridized carbons (Fsp3) is 0.200. The number of hydrogen-bond acceptors (Lipinski definition) is 22. The molecule has 4 rings (SSSR count). The van der Waals surface area contributed by atoms with Gasteiger partial charge in [0, 0.05) is 17.7 Å². The molecule has 0 spiro atoms. The third-order valence-electron chi connectivity index (χ3n) is 9.12. The van der Waals surface area contributed by atoms with Crippen molar-refractivity contribution >= 4 is 93.1 Å². The molecular weight excluding hydrogens is 981 g/mol. The number of benzene rings is 3. The number of non-ortho nitro benzene ring substituents is 1. The van der Waals surface area contributed by atoms with Crippen molar-refractivity contribution in [2.45, 2.75) is 43.5 Å². The third-order valence-corrected chi connectivity index (χ3v) is 9.12. The number of guanidine groups is 4. The minimum absolute atomic E-state index is 0.0422. The van der Waals surface area contributed by atoms with Crippen LogP contribution in [-0.2, 0) is 40.3 Å². The summed E-state index contributed by atoms with van der Waals surface area (Å²) in [7, 11) is 0. The average Bonchev–Trinajstić information content (AvgIpc) is 3.81. The van der Waals surface area contributed by atoms with E-state index in [0.717, 1.165) is 29.2 Å². The minimum Gasteiger partial charge on any atom is -0.370 e. The van der Waals surface area contributed by atoms with Crippen molar-refractivity contribution in [3.63, 3.8) is 0 Å². The number of nitro groups is 2. The van der Waals surface area contributed by atoms with E-state index in [0.29, 0.717) is 0 Å². The minimum atomic E-state index is -2.49. The van der Waals surface area contributed by atoms with E-state index in [-0.39, 0.29) is 22.5 Å². The molecule has 26 N–H and O–H groups in total. The number of primary amides is 1. The van der Waals surface area contributed by atoms with E-state index in [1.165, 1.54) is 36.4 Å². The molecule has 0 bridgehead atoms. The van der Waals surface area contributed by atoms with Crippen molar-refractivity contribution in [1.82, 2.24) is 36.9 Å². The number of carbonyl (C=O) groups excluding carboxylic acids is 6. The predicted octanol–water partition coefficient (Wildman–Crippen LogP) is -7.61. The highest BCUT2D eigenvalue weighted by Gasteiger charge is 2.36. The highest BCUT2D eigenvalue weighted by molar-refractivity contribution is 6.00. The second-order valence-electron chi connectivity index (χ2n) is 14.2. The van der Waals surface area contributed by atoms with Crippen LogP contribution in [0, 0.1) is 20.2 Å². The van der Waals surface area contributed by atoms with E-state index in [2.05, 4.69) is 45.9 Å². The molecule has 0 saturated heterocycles. The molecule has 0 fully saturated rings. The smallest absolute Gasteiger partial charge is 0.300 e. The fourth-order valence-corrected chi connectivity index (χ4v) is 6.09. The van der Waals surface area contributed by atoms with Gasteiger partial charge in [-0.25, -0.2) is 35.3 Å². The summed E-state index contributed by atoms with van der Waals surface area (Å²) in [5.74, 6) is -11.6. The van der Waals surface area contributed by atoms with Crippen LogP contribution in [-0.4, -0.2) is 121 Å². The van der Waals surface area contributed by atoms with Crippen LogP contribution < -0.4 is 88.6 Å². The molecule has 0 saturated carbocycles. The maximum atomic E-state index is 14.3. The summed E-state index contributed by atoms with van der Waals surface area (Å²) in [6.45, 7) is -0.770. The van der Waals surface area contributed by atoms with Gasteiger partial charge in [-0.2, -0.15) is 0 Å².